The Balaban J connectivity index is 1.75. The molecule has 7 nitrogen and oxygen atoms in total. The number of nitrogens with one attached hydrogen (secondary N) is 2. The van der Waals surface area contributed by atoms with Crippen molar-refractivity contribution in [2.45, 2.75) is 26.3 Å². The van der Waals surface area contributed by atoms with Crippen molar-refractivity contribution in [1.82, 2.24) is 5.32 Å². The number of carboxylic acids is 1. The third-order valence-electron chi connectivity index (χ3n) is 4.86. The van der Waals surface area contributed by atoms with E-state index >= 15 is 0 Å². The fraction of sp³-hybridized carbons (Fsp3) is 0.227. The molecule has 0 saturated carbocycles. The molecule has 3 N–H and O–H groups in total. The molecule has 3 aromatic rings. The normalized spacial score (nSPS) is 12.9. The maximum Gasteiger partial charge on any atom is 0.344 e. The van der Waals surface area contributed by atoms with Crippen LogP contribution in [0.3, 0.4) is 0 Å². The van der Waals surface area contributed by atoms with Crippen LogP contribution >= 0.6 is 0 Å². The highest BCUT2D eigenvalue weighted by Gasteiger charge is 2.25. The first kappa shape index (κ1) is 20.1. The van der Waals surface area contributed by atoms with Crippen molar-refractivity contribution in [1.29, 1.82) is 0 Å². The Kier molecular flexibility index (Phi) is 5.97. The molecule has 150 valence electrons. The lowest BCUT2D eigenvalue weighted by molar-refractivity contribution is -0.140. The molecule has 2 unspecified atom stereocenters. The number of carboxylic acid groups (broad SMARTS) is 1. The Morgan fingerprint density at radius 3 is 2.45 bits per heavy atom. The number of fused-ring (bicyclic) bond motifs is 1. The predicted molar refractivity (Wildman–Crippen MR) is 111 cm³/mol. The van der Waals surface area contributed by atoms with E-state index in [1.165, 1.54) is 0 Å². The molecule has 0 radical (unpaired) electrons. The van der Waals surface area contributed by atoms with Gasteiger partial charge in [-0.2, -0.15) is 0 Å². The quantitative estimate of drug-likeness (QED) is 0.546. The van der Waals surface area contributed by atoms with E-state index in [4.69, 9.17) is 4.42 Å². The van der Waals surface area contributed by atoms with E-state index in [9.17, 15) is 19.5 Å². The number of hydrogen-bond acceptors (Lipinski definition) is 4. The van der Waals surface area contributed by atoms with E-state index in [1.807, 2.05) is 19.1 Å². The minimum absolute atomic E-state index is 0.201. The topological polar surface area (TPSA) is 109 Å². The zero-order valence-corrected chi connectivity index (χ0v) is 16.1. The van der Waals surface area contributed by atoms with Gasteiger partial charge in [-0.3, -0.25) is 0 Å². The summed E-state index contributed by atoms with van der Waals surface area (Å²) in [4.78, 5) is 35.8. The molecule has 0 aliphatic rings. The van der Waals surface area contributed by atoms with Crippen molar-refractivity contribution in [3.8, 4) is 11.1 Å². The lowest BCUT2D eigenvalue weighted by Gasteiger charge is -2.20. The molecule has 2 aromatic carbocycles. The average Bonchev–Trinajstić information content (AvgIpc) is 2.71. The fourth-order valence-corrected chi connectivity index (χ4v) is 2.99. The van der Waals surface area contributed by atoms with Crippen LogP contribution in [0.1, 0.15) is 20.3 Å². The summed E-state index contributed by atoms with van der Waals surface area (Å²) in [7, 11) is 0. The third-order valence-corrected chi connectivity index (χ3v) is 4.86. The number of amides is 2. The highest BCUT2D eigenvalue weighted by atomic mass is 16.4. The Morgan fingerprint density at radius 2 is 1.79 bits per heavy atom. The SMILES string of the molecule is CCC(C)C(NC(=O)Nc1ccc(-c2cc3ccccc3oc2=O)cc1)C(=O)O. The molecular formula is C22H22N2O5. The van der Waals surface area contributed by atoms with Crippen molar-refractivity contribution in [3.05, 3.63) is 65.0 Å². The van der Waals surface area contributed by atoms with E-state index in [2.05, 4.69) is 10.6 Å². The van der Waals surface area contributed by atoms with Gasteiger partial charge >= 0.3 is 17.6 Å². The summed E-state index contributed by atoms with van der Waals surface area (Å²) in [5.74, 6) is -1.28. The monoisotopic (exact) mass is 394 g/mol. The Morgan fingerprint density at radius 1 is 1.10 bits per heavy atom. The van der Waals surface area contributed by atoms with Gasteiger partial charge in [0.05, 0.1) is 5.56 Å². The molecule has 0 spiro atoms. The van der Waals surface area contributed by atoms with Gasteiger partial charge < -0.3 is 20.2 Å². The molecule has 7 heteroatoms. The molecule has 3 rings (SSSR count). The van der Waals surface area contributed by atoms with Crippen molar-refractivity contribution < 1.29 is 19.1 Å². The van der Waals surface area contributed by atoms with Gasteiger partial charge in [0.25, 0.3) is 0 Å². The van der Waals surface area contributed by atoms with Gasteiger partial charge in [-0.05, 0) is 35.7 Å². The molecule has 0 aliphatic heterocycles. The van der Waals surface area contributed by atoms with Gasteiger partial charge in [0.1, 0.15) is 11.6 Å². The largest absolute Gasteiger partial charge is 0.480 e. The maximum atomic E-state index is 12.3. The molecule has 0 saturated heterocycles. The molecule has 29 heavy (non-hydrogen) atoms. The highest BCUT2D eigenvalue weighted by Crippen LogP contribution is 2.22. The van der Waals surface area contributed by atoms with Gasteiger partial charge in [0, 0.05) is 11.1 Å². The van der Waals surface area contributed by atoms with Gasteiger partial charge in [0.2, 0.25) is 0 Å². The lowest BCUT2D eigenvalue weighted by Crippen LogP contribution is -2.46. The number of urea groups is 1. The number of aliphatic carboxylic acids is 1. The zero-order chi connectivity index (χ0) is 21.0. The molecule has 0 aliphatic carbocycles. The average molecular weight is 394 g/mol. The molecule has 0 bridgehead atoms. The van der Waals surface area contributed by atoms with Crippen LogP contribution in [-0.4, -0.2) is 23.1 Å². The van der Waals surface area contributed by atoms with Crippen LogP contribution in [-0.2, 0) is 4.79 Å². The maximum absolute atomic E-state index is 12.3. The Bertz CT molecular complexity index is 1090. The second kappa shape index (κ2) is 8.60. The summed E-state index contributed by atoms with van der Waals surface area (Å²) in [6, 6.07) is 14.1. The van der Waals surface area contributed by atoms with Crippen LogP contribution in [0.15, 0.2) is 63.8 Å². The van der Waals surface area contributed by atoms with Crippen LogP contribution in [0.25, 0.3) is 22.1 Å². The summed E-state index contributed by atoms with van der Waals surface area (Å²) in [5.41, 5.74) is 1.62. The summed E-state index contributed by atoms with van der Waals surface area (Å²) >= 11 is 0. The van der Waals surface area contributed by atoms with E-state index in [-0.39, 0.29) is 5.92 Å². The van der Waals surface area contributed by atoms with Crippen molar-refractivity contribution in [3.63, 3.8) is 0 Å². The van der Waals surface area contributed by atoms with Gasteiger partial charge in [-0.25, -0.2) is 14.4 Å². The minimum atomic E-state index is -1.08. The van der Waals surface area contributed by atoms with Gasteiger partial charge in [-0.15, -0.1) is 0 Å². The molecule has 2 amide bonds. The first-order valence-corrected chi connectivity index (χ1v) is 9.32. The van der Waals surface area contributed by atoms with E-state index < -0.39 is 23.7 Å². The summed E-state index contributed by atoms with van der Waals surface area (Å²) in [6.07, 6.45) is 0.625. The second-order valence-corrected chi connectivity index (χ2v) is 6.86. The Labute approximate surface area is 167 Å². The number of hydrogen-bond donors (Lipinski definition) is 3. The molecule has 1 aromatic heterocycles. The van der Waals surface area contributed by atoms with Crippen LogP contribution < -0.4 is 16.3 Å². The number of carbonyl (C=O) groups excluding carboxylic acids is 1. The number of benzene rings is 2. The number of carbonyl (C=O) groups is 2. The summed E-state index contributed by atoms with van der Waals surface area (Å²) < 4.78 is 5.35. The van der Waals surface area contributed by atoms with E-state index in [1.54, 1.807) is 49.4 Å². The van der Waals surface area contributed by atoms with Gasteiger partial charge in [0.15, 0.2) is 0 Å². The van der Waals surface area contributed by atoms with E-state index in [0.29, 0.717) is 28.8 Å². The molecule has 1 heterocycles. The Hall–Kier alpha value is -3.61. The predicted octanol–water partition coefficient (Wildman–Crippen LogP) is 4.08. The third kappa shape index (κ3) is 4.63. The highest BCUT2D eigenvalue weighted by molar-refractivity contribution is 5.92. The van der Waals surface area contributed by atoms with Crippen molar-refractivity contribution >= 4 is 28.7 Å². The molecule has 0 fully saturated rings. The summed E-state index contributed by atoms with van der Waals surface area (Å²) in [5, 5.41) is 15.2. The minimum Gasteiger partial charge on any atom is -0.480 e. The van der Waals surface area contributed by atoms with E-state index in [0.717, 1.165) is 5.39 Å². The second-order valence-electron chi connectivity index (χ2n) is 6.86. The number of rotatable bonds is 6. The number of anilines is 1. The lowest BCUT2D eigenvalue weighted by atomic mass is 9.99. The van der Waals surface area contributed by atoms with Gasteiger partial charge in [-0.1, -0.05) is 50.6 Å². The van der Waals surface area contributed by atoms with Crippen molar-refractivity contribution in [2.75, 3.05) is 5.32 Å². The first-order chi connectivity index (χ1) is 13.9. The number of para-hydroxylation sites is 1. The smallest absolute Gasteiger partial charge is 0.344 e. The summed E-state index contributed by atoms with van der Waals surface area (Å²) in [6.45, 7) is 3.63. The first-order valence-electron chi connectivity index (χ1n) is 9.32. The molecular weight excluding hydrogens is 372 g/mol. The van der Waals surface area contributed by atoms with Crippen LogP contribution in [0.5, 0.6) is 0 Å². The van der Waals surface area contributed by atoms with Crippen LogP contribution in [0.2, 0.25) is 0 Å². The van der Waals surface area contributed by atoms with Crippen LogP contribution in [0.4, 0.5) is 10.5 Å². The van der Waals surface area contributed by atoms with Crippen LogP contribution in [0, 0.1) is 5.92 Å². The van der Waals surface area contributed by atoms with Crippen molar-refractivity contribution in [2.24, 2.45) is 5.92 Å². The molecule has 2 atom stereocenters. The zero-order valence-electron chi connectivity index (χ0n) is 16.1. The standard InChI is InChI=1S/C22H22N2O5/c1-3-13(2)19(20(25)26)24-22(28)23-16-10-8-14(9-11-16)17-12-15-6-4-5-7-18(15)29-21(17)27/h4-13,19H,3H2,1-2H3,(H,25,26)(H2,23,24,28). The fourth-order valence-electron chi connectivity index (χ4n) is 2.99.